The summed E-state index contributed by atoms with van der Waals surface area (Å²) < 4.78 is 4.69. The molecule has 7 heteroatoms. The van der Waals surface area contributed by atoms with Crippen molar-refractivity contribution in [2.45, 2.75) is 12.5 Å². The summed E-state index contributed by atoms with van der Waals surface area (Å²) in [6.07, 6.45) is 3.43. The zero-order chi connectivity index (χ0) is 13.7. The number of esters is 1. The second-order valence-corrected chi connectivity index (χ2v) is 4.76. The first-order valence-corrected chi connectivity index (χ1v) is 6.48. The molecule has 0 aromatic carbocycles. The lowest BCUT2D eigenvalue weighted by molar-refractivity contribution is -0.142. The molecule has 0 aliphatic rings. The highest BCUT2D eigenvalue weighted by atomic mass is 32.1. The van der Waals surface area contributed by atoms with Gasteiger partial charge in [0.05, 0.1) is 18.3 Å². The third-order valence-corrected chi connectivity index (χ3v) is 3.38. The summed E-state index contributed by atoms with van der Waals surface area (Å²) in [6, 6.07) is 2.74. The molecule has 1 atom stereocenters. The molecule has 0 saturated heterocycles. The van der Waals surface area contributed by atoms with Crippen molar-refractivity contribution in [2.24, 2.45) is 0 Å². The van der Waals surface area contributed by atoms with Crippen molar-refractivity contribution < 1.29 is 14.3 Å². The van der Waals surface area contributed by atoms with Crippen LogP contribution in [0.4, 0.5) is 0 Å². The first-order chi connectivity index (χ1) is 9.20. The van der Waals surface area contributed by atoms with E-state index in [0.717, 1.165) is 5.69 Å². The summed E-state index contributed by atoms with van der Waals surface area (Å²) in [5.41, 5.74) is 0.752. The number of ether oxygens (including phenoxy) is 1. The number of methoxy groups -OCH3 is 1. The predicted octanol–water partition coefficient (Wildman–Crippen LogP) is 0.985. The quantitative estimate of drug-likeness (QED) is 0.799. The summed E-state index contributed by atoms with van der Waals surface area (Å²) in [4.78, 5) is 30.9. The minimum Gasteiger partial charge on any atom is -0.467 e. The van der Waals surface area contributed by atoms with Crippen LogP contribution in [0.1, 0.15) is 15.4 Å². The van der Waals surface area contributed by atoms with Crippen molar-refractivity contribution in [3.63, 3.8) is 0 Å². The Morgan fingerprint density at radius 3 is 3.00 bits per heavy atom. The second-order valence-electron chi connectivity index (χ2n) is 3.81. The summed E-state index contributed by atoms with van der Waals surface area (Å²) in [7, 11) is 1.29. The lowest BCUT2D eigenvalue weighted by atomic mass is 10.1. The maximum absolute atomic E-state index is 11.9. The zero-order valence-corrected chi connectivity index (χ0v) is 11.1. The van der Waals surface area contributed by atoms with Gasteiger partial charge in [-0.15, -0.1) is 11.3 Å². The Balaban J connectivity index is 2.06. The van der Waals surface area contributed by atoms with E-state index in [4.69, 9.17) is 4.74 Å². The first-order valence-electron chi connectivity index (χ1n) is 5.60. The fourth-order valence-corrected chi connectivity index (χ4v) is 2.22. The van der Waals surface area contributed by atoms with Crippen LogP contribution in [0.25, 0.3) is 0 Å². The average Bonchev–Trinajstić information content (AvgIpc) is 3.09. The SMILES string of the molecule is COC(=O)[C@H](Cc1cnc[nH]1)NC(=O)c1cccs1. The topological polar surface area (TPSA) is 84.1 Å². The number of carbonyl (C=O) groups excluding carboxylic acids is 2. The number of nitrogens with zero attached hydrogens (tertiary/aromatic N) is 1. The van der Waals surface area contributed by atoms with E-state index in [1.54, 1.807) is 23.7 Å². The summed E-state index contributed by atoms with van der Waals surface area (Å²) >= 11 is 1.32. The number of rotatable bonds is 5. The average molecular weight is 279 g/mol. The van der Waals surface area contributed by atoms with Crippen LogP contribution in [0, 0.1) is 0 Å². The fraction of sp³-hybridized carbons (Fsp3) is 0.250. The van der Waals surface area contributed by atoms with E-state index < -0.39 is 12.0 Å². The minimum atomic E-state index is -0.736. The van der Waals surface area contributed by atoms with Crippen LogP contribution in [0.2, 0.25) is 0 Å². The number of aromatic nitrogens is 2. The Kier molecular flexibility index (Phi) is 4.30. The van der Waals surface area contributed by atoms with E-state index in [1.165, 1.54) is 24.8 Å². The molecule has 2 heterocycles. The standard InChI is InChI=1S/C12H13N3O3S/c1-18-12(17)9(5-8-6-13-7-14-8)15-11(16)10-3-2-4-19-10/h2-4,6-7,9H,5H2,1H3,(H,13,14)(H,15,16)/t9-/m0/s1. The van der Waals surface area contributed by atoms with E-state index in [1.807, 2.05) is 0 Å². The molecule has 2 rings (SSSR count). The van der Waals surface area contributed by atoms with Crippen LogP contribution in [0.5, 0.6) is 0 Å². The van der Waals surface area contributed by atoms with Gasteiger partial charge in [-0.2, -0.15) is 0 Å². The van der Waals surface area contributed by atoms with Gasteiger partial charge in [0, 0.05) is 18.3 Å². The van der Waals surface area contributed by atoms with Crippen LogP contribution in [-0.2, 0) is 16.0 Å². The number of carbonyl (C=O) groups is 2. The van der Waals surface area contributed by atoms with Crippen molar-refractivity contribution in [3.05, 3.63) is 40.6 Å². The van der Waals surface area contributed by atoms with Crippen LogP contribution < -0.4 is 5.32 Å². The van der Waals surface area contributed by atoms with Gasteiger partial charge in [-0.1, -0.05) is 6.07 Å². The Morgan fingerprint density at radius 2 is 2.42 bits per heavy atom. The molecule has 0 bridgehead atoms. The molecular formula is C12H13N3O3S. The number of hydrogen-bond donors (Lipinski definition) is 2. The lowest BCUT2D eigenvalue weighted by Gasteiger charge is -2.15. The van der Waals surface area contributed by atoms with E-state index in [9.17, 15) is 9.59 Å². The minimum absolute atomic E-state index is 0.287. The largest absolute Gasteiger partial charge is 0.467 e. The normalized spacial score (nSPS) is 11.8. The number of imidazole rings is 1. The predicted molar refractivity (Wildman–Crippen MR) is 69.9 cm³/mol. The number of thiophene rings is 1. The smallest absolute Gasteiger partial charge is 0.328 e. The molecular weight excluding hydrogens is 266 g/mol. The van der Waals surface area contributed by atoms with E-state index in [2.05, 4.69) is 15.3 Å². The zero-order valence-electron chi connectivity index (χ0n) is 10.3. The van der Waals surface area contributed by atoms with Crippen LogP contribution in [-0.4, -0.2) is 35.0 Å². The van der Waals surface area contributed by atoms with Gasteiger partial charge >= 0.3 is 5.97 Å². The molecule has 0 aliphatic heterocycles. The van der Waals surface area contributed by atoms with Crippen molar-refractivity contribution in [2.75, 3.05) is 7.11 Å². The first kappa shape index (κ1) is 13.3. The molecule has 0 saturated carbocycles. The van der Waals surface area contributed by atoms with Crippen LogP contribution in [0.15, 0.2) is 30.0 Å². The van der Waals surface area contributed by atoms with Gasteiger partial charge in [0.25, 0.3) is 5.91 Å². The summed E-state index contributed by atoms with van der Waals surface area (Å²) in [6.45, 7) is 0. The van der Waals surface area contributed by atoms with Gasteiger partial charge in [0.2, 0.25) is 0 Å². The Bertz CT molecular complexity index is 537. The molecule has 0 fully saturated rings. The molecule has 19 heavy (non-hydrogen) atoms. The van der Waals surface area contributed by atoms with Gasteiger partial charge in [-0.3, -0.25) is 4.79 Å². The second kappa shape index (κ2) is 6.14. The maximum Gasteiger partial charge on any atom is 0.328 e. The molecule has 2 aromatic rings. The number of nitrogens with one attached hydrogen (secondary N) is 2. The lowest BCUT2D eigenvalue weighted by Crippen LogP contribution is -2.42. The Labute approximate surface area is 113 Å². The molecule has 0 radical (unpaired) electrons. The number of hydrogen-bond acceptors (Lipinski definition) is 5. The Morgan fingerprint density at radius 1 is 1.58 bits per heavy atom. The fourth-order valence-electron chi connectivity index (χ4n) is 1.59. The molecule has 0 aliphatic carbocycles. The van der Waals surface area contributed by atoms with Crippen molar-refractivity contribution in [3.8, 4) is 0 Å². The third kappa shape index (κ3) is 3.41. The van der Waals surface area contributed by atoms with Crippen LogP contribution in [0.3, 0.4) is 0 Å². The molecule has 6 nitrogen and oxygen atoms in total. The highest BCUT2D eigenvalue weighted by Crippen LogP contribution is 2.09. The number of amides is 1. The summed E-state index contributed by atoms with van der Waals surface area (Å²) in [5.74, 6) is -0.774. The van der Waals surface area contributed by atoms with Gasteiger partial charge in [0.15, 0.2) is 0 Å². The van der Waals surface area contributed by atoms with Gasteiger partial charge < -0.3 is 15.0 Å². The third-order valence-electron chi connectivity index (χ3n) is 2.51. The monoisotopic (exact) mass is 279 g/mol. The molecule has 100 valence electrons. The molecule has 1 amide bonds. The molecule has 0 unspecified atom stereocenters. The van der Waals surface area contributed by atoms with Crippen LogP contribution >= 0.6 is 11.3 Å². The van der Waals surface area contributed by atoms with Crippen molar-refractivity contribution in [1.82, 2.24) is 15.3 Å². The highest BCUT2D eigenvalue weighted by Gasteiger charge is 2.23. The van der Waals surface area contributed by atoms with E-state index in [0.29, 0.717) is 11.3 Å². The van der Waals surface area contributed by atoms with Crippen molar-refractivity contribution >= 4 is 23.2 Å². The number of H-pyrrole nitrogens is 1. The molecule has 2 N–H and O–H groups in total. The van der Waals surface area contributed by atoms with Gasteiger partial charge in [0.1, 0.15) is 6.04 Å². The molecule has 2 aromatic heterocycles. The molecule has 0 spiro atoms. The van der Waals surface area contributed by atoms with Gasteiger partial charge in [-0.05, 0) is 11.4 Å². The van der Waals surface area contributed by atoms with E-state index in [-0.39, 0.29) is 5.91 Å². The Hall–Kier alpha value is -2.15. The van der Waals surface area contributed by atoms with E-state index >= 15 is 0 Å². The maximum atomic E-state index is 11.9. The number of aromatic amines is 1. The van der Waals surface area contributed by atoms with Gasteiger partial charge in [-0.25, -0.2) is 9.78 Å². The summed E-state index contributed by atoms with van der Waals surface area (Å²) in [5, 5.41) is 4.46. The highest BCUT2D eigenvalue weighted by molar-refractivity contribution is 7.12. The van der Waals surface area contributed by atoms with Crippen molar-refractivity contribution in [1.29, 1.82) is 0 Å².